The molecule has 1 atom stereocenters. The topological polar surface area (TPSA) is 36.3 Å². The minimum Gasteiger partial charge on any atom is -0.378 e. The van der Waals surface area contributed by atoms with Crippen LogP contribution in [-0.4, -0.2) is 32.2 Å². The van der Waals surface area contributed by atoms with Gasteiger partial charge in [0, 0.05) is 0 Å². The van der Waals surface area contributed by atoms with E-state index in [-0.39, 0.29) is 6.04 Å². The van der Waals surface area contributed by atoms with E-state index in [1.807, 2.05) is 26.2 Å². The van der Waals surface area contributed by atoms with Crippen LogP contribution in [0.3, 0.4) is 0 Å². The van der Waals surface area contributed by atoms with Crippen molar-refractivity contribution in [3.8, 4) is 6.07 Å². The first-order valence-electron chi connectivity index (χ1n) is 5.82. The van der Waals surface area contributed by atoms with Crippen molar-refractivity contribution in [1.29, 1.82) is 5.26 Å². The van der Waals surface area contributed by atoms with Crippen LogP contribution in [0, 0.1) is 23.7 Å². The van der Waals surface area contributed by atoms with Crippen LogP contribution in [0.5, 0.6) is 0 Å². The summed E-state index contributed by atoms with van der Waals surface area (Å²) in [5, 5.41) is 9.45. The number of hydrogen-bond acceptors (Lipinski definition) is 3. The van der Waals surface area contributed by atoms with E-state index in [2.05, 4.69) is 30.0 Å². The zero-order chi connectivity index (χ0) is 12.5. The molecular weight excluding hydrogens is 212 g/mol. The second-order valence-corrected chi connectivity index (χ2v) is 4.98. The van der Waals surface area contributed by atoms with Crippen molar-refractivity contribution < 1.29 is 4.74 Å². The van der Waals surface area contributed by atoms with Gasteiger partial charge in [-0.25, -0.2) is 0 Å². The third-order valence-electron chi connectivity index (χ3n) is 3.46. The lowest BCUT2D eigenvalue weighted by atomic mass is 9.75. The monoisotopic (exact) mass is 230 g/mol. The van der Waals surface area contributed by atoms with Gasteiger partial charge >= 0.3 is 0 Å². The van der Waals surface area contributed by atoms with Gasteiger partial charge < -0.3 is 9.64 Å². The Morgan fingerprint density at radius 2 is 2.00 bits per heavy atom. The summed E-state index contributed by atoms with van der Waals surface area (Å²) < 4.78 is 5.27. The van der Waals surface area contributed by atoms with Crippen LogP contribution in [-0.2, 0) is 4.74 Å². The highest BCUT2D eigenvalue weighted by Crippen LogP contribution is 2.43. The smallest absolute Gasteiger partial charge is 0.123 e. The average Bonchev–Trinajstić information content (AvgIpc) is 2.24. The predicted molar refractivity (Wildman–Crippen MR) is 66.5 cm³/mol. The highest BCUT2D eigenvalue weighted by atomic mass is 16.5. The van der Waals surface area contributed by atoms with E-state index in [1.54, 1.807) is 0 Å². The number of nitrogens with zero attached hydrogens (tertiary/aromatic N) is 2. The fourth-order valence-electron chi connectivity index (χ4n) is 2.57. The molecule has 0 aromatic heterocycles. The van der Waals surface area contributed by atoms with Crippen LogP contribution in [0.2, 0.25) is 0 Å². The van der Waals surface area contributed by atoms with Gasteiger partial charge in [0.1, 0.15) is 5.41 Å². The molecule has 0 radical (unpaired) electrons. The summed E-state index contributed by atoms with van der Waals surface area (Å²) in [4.78, 5) is 2.12. The number of ether oxygens (including phenoxy) is 1. The first kappa shape index (κ1) is 12.1. The molecule has 17 heavy (non-hydrogen) atoms. The predicted octanol–water partition coefficient (Wildman–Crippen LogP) is 2.14. The molecule has 1 heterocycles. The number of nitriles is 1. The molecule has 3 nitrogen and oxygen atoms in total. The van der Waals surface area contributed by atoms with Crippen LogP contribution < -0.4 is 0 Å². The van der Waals surface area contributed by atoms with Gasteiger partial charge in [-0.05, 0) is 32.1 Å². The highest BCUT2D eigenvalue weighted by Gasteiger charge is 2.48. The Kier molecular flexibility index (Phi) is 3.19. The summed E-state index contributed by atoms with van der Waals surface area (Å²) in [5.41, 5.74) is 2.06. The van der Waals surface area contributed by atoms with Crippen molar-refractivity contribution in [2.45, 2.75) is 13.0 Å². The summed E-state index contributed by atoms with van der Waals surface area (Å²) in [7, 11) is 4.04. The SMILES string of the molecule is Cc1ccccc1C(N(C)C)C1(C#N)COC1. The van der Waals surface area contributed by atoms with E-state index in [9.17, 15) is 5.26 Å². The third kappa shape index (κ3) is 1.95. The fourth-order valence-corrected chi connectivity index (χ4v) is 2.57. The number of aryl methyl sites for hydroxylation is 1. The van der Waals surface area contributed by atoms with Gasteiger partial charge in [-0.15, -0.1) is 0 Å². The molecule has 1 aromatic rings. The van der Waals surface area contributed by atoms with Crippen LogP contribution in [0.15, 0.2) is 24.3 Å². The van der Waals surface area contributed by atoms with Crippen molar-refractivity contribution in [2.75, 3.05) is 27.3 Å². The minimum absolute atomic E-state index is 0.0995. The van der Waals surface area contributed by atoms with E-state index >= 15 is 0 Å². The molecule has 0 aliphatic carbocycles. The maximum absolute atomic E-state index is 9.45. The van der Waals surface area contributed by atoms with Crippen LogP contribution in [0.1, 0.15) is 17.2 Å². The molecule has 1 unspecified atom stereocenters. The number of benzene rings is 1. The maximum Gasteiger partial charge on any atom is 0.123 e. The zero-order valence-corrected chi connectivity index (χ0v) is 10.6. The summed E-state index contributed by atoms with van der Waals surface area (Å²) in [6.45, 7) is 3.15. The van der Waals surface area contributed by atoms with Crippen molar-refractivity contribution in [2.24, 2.45) is 5.41 Å². The van der Waals surface area contributed by atoms with Gasteiger partial charge in [-0.1, -0.05) is 24.3 Å². The normalized spacial score (nSPS) is 19.5. The molecule has 0 amide bonds. The molecule has 1 aromatic carbocycles. The Morgan fingerprint density at radius 1 is 1.35 bits per heavy atom. The molecule has 3 heteroatoms. The van der Waals surface area contributed by atoms with Gasteiger partial charge in [0.15, 0.2) is 0 Å². The van der Waals surface area contributed by atoms with Crippen molar-refractivity contribution in [3.05, 3.63) is 35.4 Å². The Hall–Kier alpha value is -1.37. The molecule has 1 aliphatic rings. The van der Waals surface area contributed by atoms with E-state index in [1.165, 1.54) is 11.1 Å². The highest BCUT2D eigenvalue weighted by molar-refractivity contribution is 5.33. The lowest BCUT2D eigenvalue weighted by molar-refractivity contribution is -0.115. The average molecular weight is 230 g/mol. The lowest BCUT2D eigenvalue weighted by Gasteiger charge is -2.45. The van der Waals surface area contributed by atoms with Crippen molar-refractivity contribution >= 4 is 0 Å². The Labute approximate surface area is 103 Å². The molecule has 90 valence electrons. The van der Waals surface area contributed by atoms with Crippen LogP contribution >= 0.6 is 0 Å². The lowest BCUT2D eigenvalue weighted by Crippen LogP contribution is -2.50. The van der Waals surface area contributed by atoms with Crippen LogP contribution in [0.25, 0.3) is 0 Å². The summed E-state index contributed by atoms with van der Waals surface area (Å²) in [6, 6.07) is 10.8. The van der Waals surface area contributed by atoms with E-state index in [0.29, 0.717) is 13.2 Å². The molecule has 0 spiro atoms. The number of rotatable bonds is 3. The van der Waals surface area contributed by atoms with Crippen molar-refractivity contribution in [3.63, 3.8) is 0 Å². The second-order valence-electron chi connectivity index (χ2n) is 4.98. The molecule has 1 saturated heterocycles. The molecule has 1 fully saturated rings. The third-order valence-corrected chi connectivity index (χ3v) is 3.46. The first-order valence-corrected chi connectivity index (χ1v) is 5.82. The van der Waals surface area contributed by atoms with Crippen LogP contribution in [0.4, 0.5) is 0 Å². The number of hydrogen-bond donors (Lipinski definition) is 0. The molecule has 1 aliphatic heterocycles. The Morgan fingerprint density at radius 3 is 2.41 bits per heavy atom. The molecule has 0 saturated carbocycles. The summed E-state index contributed by atoms with van der Waals surface area (Å²) in [6.07, 6.45) is 0. The largest absolute Gasteiger partial charge is 0.378 e. The molecular formula is C14H18N2O. The van der Waals surface area contributed by atoms with Gasteiger partial charge in [0.2, 0.25) is 0 Å². The second kappa shape index (κ2) is 4.48. The van der Waals surface area contributed by atoms with E-state index in [4.69, 9.17) is 4.74 Å². The zero-order valence-electron chi connectivity index (χ0n) is 10.6. The first-order chi connectivity index (χ1) is 8.10. The fraction of sp³-hybridized carbons (Fsp3) is 0.500. The molecule has 0 N–H and O–H groups in total. The minimum atomic E-state index is -0.393. The van der Waals surface area contributed by atoms with Gasteiger partial charge in [-0.3, -0.25) is 0 Å². The van der Waals surface area contributed by atoms with Gasteiger partial charge in [0.25, 0.3) is 0 Å². The molecule has 0 bridgehead atoms. The summed E-state index contributed by atoms with van der Waals surface area (Å²) >= 11 is 0. The van der Waals surface area contributed by atoms with E-state index in [0.717, 1.165) is 0 Å². The van der Waals surface area contributed by atoms with Gasteiger partial charge in [-0.2, -0.15) is 5.26 Å². The van der Waals surface area contributed by atoms with Crippen molar-refractivity contribution in [1.82, 2.24) is 4.90 Å². The standard InChI is InChI=1S/C14H18N2O/c1-11-6-4-5-7-12(11)13(16(2)3)14(8-15)9-17-10-14/h4-7,13H,9-10H2,1-3H3. The maximum atomic E-state index is 9.45. The quantitative estimate of drug-likeness (QED) is 0.798. The van der Waals surface area contributed by atoms with Gasteiger partial charge in [0.05, 0.1) is 25.3 Å². The Bertz CT molecular complexity index is 444. The Balaban J connectivity index is 2.44. The molecule has 2 rings (SSSR count). The van der Waals surface area contributed by atoms with E-state index < -0.39 is 5.41 Å². The summed E-state index contributed by atoms with van der Waals surface area (Å²) in [5.74, 6) is 0.